The molecular weight excluding hydrogens is 174 g/mol. The van der Waals surface area contributed by atoms with E-state index in [0.29, 0.717) is 13.0 Å². The maximum absolute atomic E-state index is 10.7. The van der Waals surface area contributed by atoms with Gasteiger partial charge in [-0.2, -0.15) is 0 Å². The molecule has 0 aliphatic carbocycles. The smallest absolute Gasteiger partial charge is 0.408 e. The van der Waals surface area contributed by atoms with Gasteiger partial charge in [0.25, 0.3) is 0 Å². The zero-order chi connectivity index (χ0) is 10.0. The van der Waals surface area contributed by atoms with Gasteiger partial charge in [0.2, 0.25) is 0 Å². The van der Waals surface area contributed by atoms with Gasteiger partial charge < -0.3 is 10.2 Å². The number of hydrogen-bond donors (Lipinski definition) is 2. The highest BCUT2D eigenvalue weighted by Gasteiger charge is 2.34. The summed E-state index contributed by atoms with van der Waals surface area (Å²) in [6.45, 7) is 2.25. The SMILES string of the molecule is CC1CCC(C(=O)O)N(C(=O)O)C1. The number of hydrogen-bond acceptors (Lipinski definition) is 2. The molecule has 1 saturated heterocycles. The van der Waals surface area contributed by atoms with Crippen LogP contribution in [-0.4, -0.2) is 39.8 Å². The standard InChI is InChI=1S/C8H13NO4/c1-5-2-3-6(7(10)11)9(4-5)8(12)13/h5-6H,2-4H2,1H3,(H,10,11)(H,12,13). The molecule has 1 fully saturated rings. The summed E-state index contributed by atoms with van der Waals surface area (Å²) in [5, 5.41) is 17.5. The van der Waals surface area contributed by atoms with Crippen molar-refractivity contribution in [3.8, 4) is 0 Å². The Bertz CT molecular complexity index is 228. The summed E-state index contributed by atoms with van der Waals surface area (Å²) in [6.07, 6.45) is 0.0581. The van der Waals surface area contributed by atoms with Crippen molar-refractivity contribution in [1.82, 2.24) is 4.90 Å². The topological polar surface area (TPSA) is 77.8 Å². The first-order chi connectivity index (χ1) is 6.02. The molecule has 0 aromatic carbocycles. The molecule has 0 saturated carbocycles. The average molecular weight is 187 g/mol. The number of carboxylic acid groups (broad SMARTS) is 2. The van der Waals surface area contributed by atoms with Gasteiger partial charge >= 0.3 is 12.1 Å². The van der Waals surface area contributed by atoms with Gasteiger partial charge in [0, 0.05) is 6.54 Å². The largest absolute Gasteiger partial charge is 0.480 e. The van der Waals surface area contributed by atoms with Crippen LogP contribution in [0.15, 0.2) is 0 Å². The predicted molar refractivity (Wildman–Crippen MR) is 44.6 cm³/mol. The number of carboxylic acids is 1. The summed E-state index contributed by atoms with van der Waals surface area (Å²) >= 11 is 0. The minimum atomic E-state index is -1.14. The molecule has 0 bridgehead atoms. The summed E-state index contributed by atoms with van der Waals surface area (Å²) in [6, 6.07) is -0.853. The Kier molecular flexibility index (Phi) is 2.75. The van der Waals surface area contributed by atoms with Crippen LogP contribution >= 0.6 is 0 Å². The molecule has 0 radical (unpaired) electrons. The van der Waals surface area contributed by atoms with Crippen LogP contribution in [0.4, 0.5) is 4.79 Å². The molecule has 0 aromatic heterocycles. The Morgan fingerprint density at radius 1 is 1.31 bits per heavy atom. The van der Waals surface area contributed by atoms with E-state index in [0.717, 1.165) is 11.3 Å². The molecule has 0 spiro atoms. The lowest BCUT2D eigenvalue weighted by Crippen LogP contribution is -2.49. The van der Waals surface area contributed by atoms with Crippen LogP contribution in [0.25, 0.3) is 0 Å². The van der Waals surface area contributed by atoms with E-state index in [1.165, 1.54) is 0 Å². The molecule has 1 aliphatic heterocycles. The Labute approximate surface area is 76.0 Å². The molecular formula is C8H13NO4. The number of nitrogens with zero attached hydrogens (tertiary/aromatic N) is 1. The number of rotatable bonds is 1. The van der Waals surface area contributed by atoms with E-state index in [9.17, 15) is 9.59 Å². The van der Waals surface area contributed by atoms with Crippen LogP contribution in [0.1, 0.15) is 19.8 Å². The van der Waals surface area contributed by atoms with E-state index in [2.05, 4.69) is 0 Å². The fourth-order valence-electron chi connectivity index (χ4n) is 1.62. The van der Waals surface area contributed by atoms with Crippen LogP contribution in [0.2, 0.25) is 0 Å². The lowest BCUT2D eigenvalue weighted by atomic mass is 9.95. The van der Waals surface area contributed by atoms with Crippen LogP contribution in [0.3, 0.4) is 0 Å². The van der Waals surface area contributed by atoms with Gasteiger partial charge in [-0.3, -0.25) is 4.90 Å². The van der Waals surface area contributed by atoms with Crippen molar-refractivity contribution in [2.24, 2.45) is 5.92 Å². The number of aliphatic carboxylic acids is 1. The van der Waals surface area contributed by atoms with Crippen molar-refractivity contribution in [2.45, 2.75) is 25.8 Å². The fraction of sp³-hybridized carbons (Fsp3) is 0.750. The normalized spacial score (nSPS) is 28.5. The number of piperidine rings is 1. The monoisotopic (exact) mass is 187 g/mol. The predicted octanol–water partition coefficient (Wildman–Crippen LogP) is 0.850. The Morgan fingerprint density at radius 3 is 2.38 bits per heavy atom. The zero-order valence-corrected chi connectivity index (χ0v) is 7.43. The Morgan fingerprint density at radius 2 is 1.92 bits per heavy atom. The van der Waals surface area contributed by atoms with Crippen LogP contribution < -0.4 is 0 Å². The average Bonchev–Trinajstić information content (AvgIpc) is 2.03. The van der Waals surface area contributed by atoms with Crippen LogP contribution in [0.5, 0.6) is 0 Å². The number of amides is 1. The van der Waals surface area contributed by atoms with Gasteiger partial charge in [-0.1, -0.05) is 6.92 Å². The highest BCUT2D eigenvalue weighted by atomic mass is 16.4. The lowest BCUT2D eigenvalue weighted by Gasteiger charge is -2.33. The third kappa shape index (κ3) is 2.11. The molecule has 13 heavy (non-hydrogen) atoms. The quantitative estimate of drug-likeness (QED) is 0.637. The fourth-order valence-corrected chi connectivity index (χ4v) is 1.62. The van der Waals surface area contributed by atoms with E-state index in [4.69, 9.17) is 10.2 Å². The van der Waals surface area contributed by atoms with Crippen molar-refractivity contribution < 1.29 is 19.8 Å². The van der Waals surface area contributed by atoms with E-state index < -0.39 is 18.1 Å². The van der Waals surface area contributed by atoms with Crippen molar-refractivity contribution in [3.05, 3.63) is 0 Å². The second kappa shape index (κ2) is 3.64. The van der Waals surface area contributed by atoms with Gasteiger partial charge in [-0.15, -0.1) is 0 Å². The molecule has 2 unspecified atom stereocenters. The number of carbonyl (C=O) groups is 2. The Hall–Kier alpha value is -1.26. The molecule has 1 rings (SSSR count). The summed E-state index contributed by atoms with van der Waals surface area (Å²) in [5.41, 5.74) is 0. The van der Waals surface area contributed by atoms with Crippen LogP contribution in [-0.2, 0) is 4.79 Å². The molecule has 74 valence electrons. The van der Waals surface area contributed by atoms with Gasteiger partial charge in [0.15, 0.2) is 0 Å². The van der Waals surface area contributed by atoms with Crippen molar-refractivity contribution >= 4 is 12.1 Å². The molecule has 1 heterocycles. The molecule has 2 atom stereocenters. The third-order valence-corrected chi connectivity index (χ3v) is 2.35. The Balaban J connectivity index is 2.72. The second-order valence-electron chi connectivity index (χ2n) is 3.47. The van der Waals surface area contributed by atoms with E-state index in [1.807, 2.05) is 6.92 Å². The third-order valence-electron chi connectivity index (χ3n) is 2.35. The van der Waals surface area contributed by atoms with Gasteiger partial charge in [0.1, 0.15) is 6.04 Å². The molecule has 1 aliphatic rings. The summed E-state index contributed by atoms with van der Waals surface area (Å²) in [7, 11) is 0. The van der Waals surface area contributed by atoms with E-state index in [-0.39, 0.29) is 5.92 Å². The molecule has 5 nitrogen and oxygen atoms in total. The van der Waals surface area contributed by atoms with E-state index in [1.54, 1.807) is 0 Å². The number of likely N-dealkylation sites (tertiary alicyclic amines) is 1. The molecule has 0 aromatic rings. The maximum Gasteiger partial charge on any atom is 0.408 e. The first kappa shape index (κ1) is 9.83. The summed E-state index contributed by atoms with van der Waals surface area (Å²) in [4.78, 5) is 22.4. The van der Waals surface area contributed by atoms with E-state index >= 15 is 0 Å². The first-order valence-corrected chi connectivity index (χ1v) is 4.24. The minimum Gasteiger partial charge on any atom is -0.480 e. The molecule has 1 amide bonds. The molecule has 5 heteroatoms. The van der Waals surface area contributed by atoms with Crippen molar-refractivity contribution in [3.63, 3.8) is 0 Å². The van der Waals surface area contributed by atoms with Gasteiger partial charge in [-0.05, 0) is 18.8 Å². The highest BCUT2D eigenvalue weighted by Crippen LogP contribution is 2.21. The lowest BCUT2D eigenvalue weighted by molar-refractivity contribution is -0.144. The van der Waals surface area contributed by atoms with Crippen molar-refractivity contribution in [2.75, 3.05) is 6.54 Å². The second-order valence-corrected chi connectivity index (χ2v) is 3.47. The van der Waals surface area contributed by atoms with Crippen LogP contribution in [0, 0.1) is 5.92 Å². The van der Waals surface area contributed by atoms with Gasteiger partial charge in [0.05, 0.1) is 0 Å². The summed E-state index contributed by atoms with van der Waals surface area (Å²) in [5.74, 6) is -0.791. The molecule has 2 N–H and O–H groups in total. The first-order valence-electron chi connectivity index (χ1n) is 4.24. The minimum absolute atomic E-state index is 0.256. The zero-order valence-electron chi connectivity index (χ0n) is 7.43. The van der Waals surface area contributed by atoms with Crippen molar-refractivity contribution in [1.29, 1.82) is 0 Å². The summed E-state index contributed by atoms with van der Waals surface area (Å²) < 4.78 is 0. The van der Waals surface area contributed by atoms with Gasteiger partial charge in [-0.25, -0.2) is 9.59 Å². The highest BCUT2D eigenvalue weighted by molar-refractivity contribution is 5.79. The maximum atomic E-state index is 10.7.